The lowest BCUT2D eigenvalue weighted by atomic mass is 10.2. The van der Waals surface area contributed by atoms with Gasteiger partial charge in [-0.3, -0.25) is 4.99 Å². The molecule has 0 aromatic carbocycles. The molecular formula is C17H23N5O2. The molecule has 24 heavy (non-hydrogen) atoms. The van der Waals surface area contributed by atoms with E-state index < -0.39 is 6.09 Å². The molecular weight excluding hydrogens is 306 g/mol. The lowest BCUT2D eigenvalue weighted by molar-refractivity contribution is 0.170. The number of aryl methyl sites for hydroxylation is 2. The van der Waals surface area contributed by atoms with E-state index in [-0.39, 0.29) is 0 Å². The van der Waals surface area contributed by atoms with Gasteiger partial charge in [0, 0.05) is 24.2 Å². The van der Waals surface area contributed by atoms with Gasteiger partial charge in [0.15, 0.2) is 5.65 Å². The van der Waals surface area contributed by atoms with Crippen LogP contribution in [0.4, 0.5) is 4.79 Å². The second kappa shape index (κ2) is 6.98. The summed E-state index contributed by atoms with van der Waals surface area (Å²) < 4.78 is 6.47. The molecule has 0 saturated heterocycles. The number of methoxy groups -OCH3 is 1. The Morgan fingerprint density at radius 3 is 2.96 bits per heavy atom. The summed E-state index contributed by atoms with van der Waals surface area (Å²) >= 11 is 0. The molecule has 2 aromatic heterocycles. The molecule has 0 unspecified atom stereocenters. The minimum atomic E-state index is -0.414. The van der Waals surface area contributed by atoms with Crippen molar-refractivity contribution in [3.63, 3.8) is 0 Å². The van der Waals surface area contributed by atoms with Crippen LogP contribution in [0.1, 0.15) is 37.6 Å². The van der Waals surface area contributed by atoms with Gasteiger partial charge in [-0.05, 0) is 45.2 Å². The lowest BCUT2D eigenvalue weighted by Gasteiger charge is -2.05. The minimum absolute atomic E-state index is 0.414. The highest BCUT2D eigenvalue weighted by atomic mass is 16.5. The first-order chi connectivity index (χ1) is 11.6. The van der Waals surface area contributed by atoms with E-state index in [9.17, 15) is 4.79 Å². The number of carbonyl (C=O) groups excluding carboxylic acids is 1. The third-order valence-corrected chi connectivity index (χ3v) is 4.00. The van der Waals surface area contributed by atoms with Gasteiger partial charge in [0.05, 0.1) is 18.9 Å². The van der Waals surface area contributed by atoms with Crippen LogP contribution >= 0.6 is 0 Å². The molecule has 0 radical (unpaired) electrons. The van der Waals surface area contributed by atoms with Crippen LogP contribution in [0.5, 0.6) is 0 Å². The zero-order valence-corrected chi connectivity index (χ0v) is 14.4. The monoisotopic (exact) mass is 329 g/mol. The largest absolute Gasteiger partial charge is 0.453 e. The molecule has 0 bridgehead atoms. The summed E-state index contributed by atoms with van der Waals surface area (Å²) in [5.41, 5.74) is 3.71. The molecule has 7 heteroatoms. The van der Waals surface area contributed by atoms with Gasteiger partial charge in [0.1, 0.15) is 5.69 Å². The molecule has 0 aliphatic heterocycles. The summed E-state index contributed by atoms with van der Waals surface area (Å²) in [6, 6.07) is 4.53. The molecule has 0 atom stereocenters. The van der Waals surface area contributed by atoms with E-state index in [1.54, 1.807) is 0 Å². The molecule has 1 aliphatic rings. The first-order valence-corrected chi connectivity index (χ1v) is 8.29. The SMILES string of the molecule is COC(=O)NCCCn1nc(C(C)=NC2CC2)c2ccc(C)nc21. The number of nitrogens with one attached hydrogen (secondary N) is 1. The number of carbonyl (C=O) groups is 1. The molecule has 1 aliphatic carbocycles. The summed E-state index contributed by atoms with van der Waals surface area (Å²) in [4.78, 5) is 20.5. The first kappa shape index (κ1) is 16.4. The molecule has 2 aromatic rings. The zero-order chi connectivity index (χ0) is 17.1. The lowest BCUT2D eigenvalue weighted by Crippen LogP contribution is -2.25. The van der Waals surface area contributed by atoms with Crippen molar-refractivity contribution in [1.82, 2.24) is 20.1 Å². The maximum absolute atomic E-state index is 11.1. The van der Waals surface area contributed by atoms with Crippen LogP contribution in [0.15, 0.2) is 17.1 Å². The normalized spacial score (nSPS) is 14.9. The number of aliphatic imine (C=N–C) groups is 1. The summed E-state index contributed by atoms with van der Waals surface area (Å²) in [6.45, 7) is 5.20. The number of aromatic nitrogens is 3. The van der Waals surface area contributed by atoms with Crippen molar-refractivity contribution in [2.75, 3.05) is 13.7 Å². The van der Waals surface area contributed by atoms with Crippen molar-refractivity contribution in [1.29, 1.82) is 0 Å². The fraction of sp³-hybridized carbons (Fsp3) is 0.529. The molecule has 2 heterocycles. The summed E-state index contributed by atoms with van der Waals surface area (Å²) in [6.07, 6.45) is 2.68. The zero-order valence-electron chi connectivity index (χ0n) is 14.4. The second-order valence-electron chi connectivity index (χ2n) is 6.11. The third kappa shape index (κ3) is 3.72. The van der Waals surface area contributed by atoms with E-state index in [4.69, 9.17) is 10.1 Å². The van der Waals surface area contributed by atoms with Gasteiger partial charge in [-0.2, -0.15) is 5.10 Å². The fourth-order valence-electron chi connectivity index (χ4n) is 2.60. The fourth-order valence-corrected chi connectivity index (χ4v) is 2.60. The number of rotatable bonds is 6. The average molecular weight is 329 g/mol. The molecule has 0 spiro atoms. The standard InChI is InChI=1S/C17H23N5O2/c1-11-5-8-14-15(12(2)20-13-6-7-13)21-22(16(14)19-11)10-4-9-18-17(23)24-3/h5,8,13H,4,6-7,9-10H2,1-3H3,(H,18,23). The van der Waals surface area contributed by atoms with Gasteiger partial charge in [0.2, 0.25) is 0 Å². The molecule has 1 amide bonds. The molecule has 128 valence electrons. The van der Waals surface area contributed by atoms with Crippen molar-refractivity contribution in [2.24, 2.45) is 4.99 Å². The molecule has 1 N–H and O–H groups in total. The van der Waals surface area contributed by atoms with Crippen LogP contribution in [0.3, 0.4) is 0 Å². The molecule has 3 rings (SSSR count). The molecule has 1 fully saturated rings. The van der Waals surface area contributed by atoms with Crippen molar-refractivity contribution >= 4 is 22.8 Å². The van der Waals surface area contributed by atoms with E-state index in [2.05, 4.69) is 21.1 Å². The maximum Gasteiger partial charge on any atom is 0.406 e. The number of amides is 1. The van der Waals surface area contributed by atoms with Crippen molar-refractivity contribution in [3.8, 4) is 0 Å². The smallest absolute Gasteiger partial charge is 0.406 e. The van der Waals surface area contributed by atoms with Crippen LogP contribution in [0.2, 0.25) is 0 Å². The Bertz CT molecular complexity index is 777. The van der Waals surface area contributed by atoms with Crippen LogP contribution in [0, 0.1) is 6.92 Å². The Morgan fingerprint density at radius 1 is 1.46 bits per heavy atom. The number of pyridine rings is 1. The summed E-state index contributed by atoms with van der Waals surface area (Å²) in [5.74, 6) is 0. The summed E-state index contributed by atoms with van der Waals surface area (Å²) in [7, 11) is 1.36. The highest BCUT2D eigenvalue weighted by Gasteiger charge is 2.22. The number of hydrogen-bond donors (Lipinski definition) is 1. The minimum Gasteiger partial charge on any atom is -0.453 e. The van der Waals surface area contributed by atoms with Gasteiger partial charge in [0.25, 0.3) is 0 Å². The van der Waals surface area contributed by atoms with Crippen LogP contribution in [-0.2, 0) is 11.3 Å². The van der Waals surface area contributed by atoms with Gasteiger partial charge < -0.3 is 10.1 Å². The van der Waals surface area contributed by atoms with E-state index in [0.717, 1.165) is 34.6 Å². The predicted octanol–water partition coefficient (Wildman–Crippen LogP) is 2.46. The quantitative estimate of drug-likeness (QED) is 0.652. The van der Waals surface area contributed by atoms with Crippen molar-refractivity contribution in [2.45, 2.75) is 45.7 Å². The second-order valence-corrected chi connectivity index (χ2v) is 6.11. The molecule has 1 saturated carbocycles. The Balaban J connectivity index is 1.81. The van der Waals surface area contributed by atoms with E-state index in [1.807, 2.05) is 24.6 Å². The maximum atomic E-state index is 11.1. The highest BCUT2D eigenvalue weighted by molar-refractivity contribution is 6.07. The Morgan fingerprint density at radius 2 is 2.25 bits per heavy atom. The van der Waals surface area contributed by atoms with E-state index in [1.165, 1.54) is 20.0 Å². The predicted molar refractivity (Wildman–Crippen MR) is 92.5 cm³/mol. The van der Waals surface area contributed by atoms with Crippen molar-refractivity contribution in [3.05, 3.63) is 23.5 Å². The van der Waals surface area contributed by atoms with E-state index >= 15 is 0 Å². The number of ether oxygens (including phenoxy) is 1. The van der Waals surface area contributed by atoms with E-state index in [0.29, 0.717) is 19.1 Å². The Hall–Kier alpha value is -2.44. The van der Waals surface area contributed by atoms with Gasteiger partial charge >= 0.3 is 6.09 Å². The van der Waals surface area contributed by atoms with Gasteiger partial charge in [-0.15, -0.1) is 0 Å². The Labute approximate surface area is 141 Å². The average Bonchev–Trinajstić information content (AvgIpc) is 3.31. The number of alkyl carbamates (subject to hydrolysis) is 1. The summed E-state index contributed by atoms with van der Waals surface area (Å²) in [5, 5.41) is 8.44. The van der Waals surface area contributed by atoms with Crippen LogP contribution < -0.4 is 5.32 Å². The number of nitrogens with zero attached hydrogens (tertiary/aromatic N) is 4. The Kier molecular flexibility index (Phi) is 4.78. The number of fused-ring (bicyclic) bond motifs is 1. The molecule has 7 nitrogen and oxygen atoms in total. The third-order valence-electron chi connectivity index (χ3n) is 4.00. The van der Waals surface area contributed by atoms with Crippen molar-refractivity contribution < 1.29 is 9.53 Å². The highest BCUT2D eigenvalue weighted by Crippen LogP contribution is 2.26. The van der Waals surface area contributed by atoms with Gasteiger partial charge in [-0.1, -0.05) is 0 Å². The van der Waals surface area contributed by atoms with Crippen LogP contribution in [0.25, 0.3) is 11.0 Å². The first-order valence-electron chi connectivity index (χ1n) is 8.29. The topological polar surface area (TPSA) is 81.4 Å². The number of hydrogen-bond acceptors (Lipinski definition) is 5. The van der Waals surface area contributed by atoms with Crippen LogP contribution in [-0.4, -0.2) is 46.3 Å². The van der Waals surface area contributed by atoms with Gasteiger partial charge in [-0.25, -0.2) is 14.5 Å².